The SMILES string of the molecule is C[N-]Cc1cc(C(C)=O)n(C)c1.[W]. The van der Waals surface area contributed by atoms with Crippen LogP contribution in [-0.4, -0.2) is 17.4 Å². The van der Waals surface area contributed by atoms with E-state index in [0.29, 0.717) is 6.54 Å². The van der Waals surface area contributed by atoms with E-state index in [-0.39, 0.29) is 26.8 Å². The van der Waals surface area contributed by atoms with Gasteiger partial charge in [-0.25, -0.2) is 0 Å². The minimum absolute atomic E-state index is 0. The van der Waals surface area contributed by atoms with Crippen LogP contribution in [0.15, 0.2) is 12.3 Å². The number of rotatable bonds is 3. The van der Waals surface area contributed by atoms with E-state index in [4.69, 9.17) is 0 Å². The van der Waals surface area contributed by atoms with Crippen LogP contribution in [0.2, 0.25) is 0 Å². The Bertz CT molecular complexity index is 294. The summed E-state index contributed by atoms with van der Waals surface area (Å²) in [4.78, 5) is 11.0. The Morgan fingerprint density at radius 1 is 1.62 bits per heavy atom. The molecule has 0 saturated heterocycles. The number of carbonyl (C=O) groups is 1. The second-order valence-corrected chi connectivity index (χ2v) is 2.88. The fourth-order valence-corrected chi connectivity index (χ4v) is 1.25. The normalized spacial score (nSPS) is 9.46. The fourth-order valence-electron chi connectivity index (χ4n) is 1.25. The second-order valence-electron chi connectivity index (χ2n) is 2.88. The molecular weight excluding hydrogens is 336 g/mol. The van der Waals surface area contributed by atoms with Gasteiger partial charge in [0.15, 0.2) is 5.78 Å². The fraction of sp³-hybridized carbons (Fsp3) is 0.444. The molecule has 0 N–H and O–H groups in total. The molecule has 0 bridgehead atoms. The van der Waals surface area contributed by atoms with Crippen LogP contribution in [0.5, 0.6) is 0 Å². The van der Waals surface area contributed by atoms with Crippen molar-refractivity contribution in [2.75, 3.05) is 7.05 Å². The molecular formula is C9H13N2OW-. The van der Waals surface area contributed by atoms with Gasteiger partial charge in [0.25, 0.3) is 0 Å². The van der Waals surface area contributed by atoms with Crippen LogP contribution in [0, 0.1) is 0 Å². The summed E-state index contributed by atoms with van der Waals surface area (Å²) < 4.78 is 1.84. The minimum Gasteiger partial charge on any atom is -0.661 e. The van der Waals surface area contributed by atoms with Gasteiger partial charge < -0.3 is 9.88 Å². The molecule has 0 aliphatic heterocycles. The van der Waals surface area contributed by atoms with Crippen molar-refractivity contribution in [3.8, 4) is 0 Å². The molecule has 0 radical (unpaired) electrons. The molecule has 0 unspecified atom stereocenters. The first-order valence-corrected chi connectivity index (χ1v) is 3.87. The van der Waals surface area contributed by atoms with E-state index < -0.39 is 0 Å². The topological polar surface area (TPSA) is 36.1 Å². The van der Waals surface area contributed by atoms with E-state index in [1.165, 1.54) is 0 Å². The number of carbonyl (C=O) groups excluding carboxylic acids is 1. The second kappa shape index (κ2) is 5.35. The summed E-state index contributed by atoms with van der Waals surface area (Å²) in [6, 6.07) is 1.88. The zero-order chi connectivity index (χ0) is 9.14. The van der Waals surface area contributed by atoms with Gasteiger partial charge in [0.05, 0.1) is 5.69 Å². The largest absolute Gasteiger partial charge is 0.661 e. The van der Waals surface area contributed by atoms with Gasteiger partial charge in [-0.05, 0) is 6.07 Å². The Morgan fingerprint density at radius 2 is 2.23 bits per heavy atom. The van der Waals surface area contributed by atoms with Crippen LogP contribution in [-0.2, 0) is 34.7 Å². The number of aryl methyl sites for hydroxylation is 1. The van der Waals surface area contributed by atoms with Gasteiger partial charge in [-0.3, -0.25) is 4.79 Å². The number of hydrogen-bond acceptors (Lipinski definition) is 1. The smallest absolute Gasteiger partial charge is 0.176 e. The molecule has 0 fully saturated rings. The Balaban J connectivity index is 0.00000144. The summed E-state index contributed by atoms with van der Waals surface area (Å²) in [6.07, 6.45) is 1.93. The summed E-state index contributed by atoms with van der Waals surface area (Å²) in [5.74, 6) is 0.0971. The van der Waals surface area contributed by atoms with Crippen LogP contribution in [0.25, 0.3) is 5.32 Å². The maximum Gasteiger partial charge on any atom is 0.176 e. The molecule has 1 rings (SSSR count). The molecule has 0 spiro atoms. The van der Waals surface area contributed by atoms with Crippen LogP contribution in [0.1, 0.15) is 23.0 Å². The van der Waals surface area contributed by atoms with Crippen molar-refractivity contribution in [2.24, 2.45) is 7.05 Å². The Kier molecular flexibility index (Phi) is 5.19. The van der Waals surface area contributed by atoms with Crippen molar-refractivity contribution < 1.29 is 25.9 Å². The first kappa shape index (κ1) is 12.6. The van der Waals surface area contributed by atoms with Gasteiger partial charge in [-0.2, -0.15) is 7.05 Å². The van der Waals surface area contributed by atoms with E-state index in [9.17, 15) is 4.79 Å². The molecule has 3 nitrogen and oxygen atoms in total. The summed E-state index contributed by atoms with van der Waals surface area (Å²) in [7, 11) is 3.64. The number of nitrogens with zero attached hydrogens (tertiary/aromatic N) is 2. The maximum atomic E-state index is 11.0. The summed E-state index contributed by atoms with van der Waals surface area (Å²) >= 11 is 0. The van der Waals surface area contributed by atoms with Crippen LogP contribution < -0.4 is 0 Å². The zero-order valence-corrected chi connectivity index (χ0v) is 11.0. The van der Waals surface area contributed by atoms with E-state index in [1.54, 1.807) is 14.0 Å². The maximum absolute atomic E-state index is 11.0. The van der Waals surface area contributed by atoms with Crippen molar-refractivity contribution in [1.29, 1.82) is 0 Å². The van der Waals surface area contributed by atoms with Gasteiger partial charge in [0.1, 0.15) is 0 Å². The van der Waals surface area contributed by atoms with Gasteiger partial charge in [0, 0.05) is 41.2 Å². The first-order valence-electron chi connectivity index (χ1n) is 3.87. The first-order chi connectivity index (χ1) is 5.65. The zero-order valence-electron chi connectivity index (χ0n) is 8.07. The molecule has 1 heterocycles. The molecule has 0 amide bonds. The van der Waals surface area contributed by atoms with Gasteiger partial charge in [-0.15, -0.1) is 6.54 Å². The predicted molar refractivity (Wildman–Crippen MR) is 48.4 cm³/mol. The predicted octanol–water partition coefficient (Wildman–Crippen LogP) is 1.73. The van der Waals surface area contributed by atoms with Crippen molar-refractivity contribution in [2.45, 2.75) is 13.5 Å². The average molecular weight is 349 g/mol. The number of aromatic nitrogens is 1. The third-order valence-corrected chi connectivity index (χ3v) is 1.76. The standard InChI is InChI=1S/C9H13N2O.W/c1-7(12)9-4-8(5-10-2)6-11(9)3;/h4,6H,5H2,1-3H3;/q-1;. The summed E-state index contributed by atoms with van der Waals surface area (Å²) in [5, 5.41) is 4.00. The van der Waals surface area contributed by atoms with Crippen molar-refractivity contribution >= 4 is 5.78 Å². The van der Waals surface area contributed by atoms with E-state index in [2.05, 4.69) is 5.32 Å². The number of hydrogen-bond donors (Lipinski definition) is 0. The molecule has 72 valence electrons. The van der Waals surface area contributed by atoms with Gasteiger partial charge in [-0.1, -0.05) is 5.56 Å². The molecule has 0 atom stereocenters. The van der Waals surface area contributed by atoms with Crippen molar-refractivity contribution in [3.05, 3.63) is 28.8 Å². The third-order valence-electron chi connectivity index (χ3n) is 1.76. The molecule has 1 aromatic rings. The van der Waals surface area contributed by atoms with Crippen molar-refractivity contribution in [3.63, 3.8) is 0 Å². The molecule has 0 aromatic carbocycles. The van der Waals surface area contributed by atoms with Gasteiger partial charge in [0.2, 0.25) is 0 Å². The number of ketones is 1. The molecule has 0 aliphatic carbocycles. The van der Waals surface area contributed by atoms with E-state index >= 15 is 0 Å². The Morgan fingerprint density at radius 3 is 2.62 bits per heavy atom. The molecule has 13 heavy (non-hydrogen) atoms. The molecule has 1 aromatic heterocycles. The minimum atomic E-state index is 0. The Hall–Kier alpha value is -0.402. The van der Waals surface area contributed by atoms with Gasteiger partial charge >= 0.3 is 0 Å². The third kappa shape index (κ3) is 3.09. The number of Topliss-reactive ketones (excluding diaryl/α,β-unsaturated/α-hetero) is 1. The van der Waals surface area contributed by atoms with E-state index in [1.807, 2.05) is 23.9 Å². The van der Waals surface area contributed by atoms with Crippen LogP contribution in [0.4, 0.5) is 0 Å². The molecule has 0 aliphatic rings. The molecule has 0 saturated carbocycles. The van der Waals surface area contributed by atoms with E-state index in [0.717, 1.165) is 11.3 Å². The quantitative estimate of drug-likeness (QED) is 0.766. The summed E-state index contributed by atoms with van der Waals surface area (Å²) in [5.41, 5.74) is 1.83. The van der Waals surface area contributed by atoms with Crippen LogP contribution >= 0.6 is 0 Å². The monoisotopic (exact) mass is 349 g/mol. The molecule has 4 heteroatoms. The summed E-state index contributed by atoms with van der Waals surface area (Å²) in [6.45, 7) is 2.25. The Labute approximate surface area is 92.8 Å². The van der Waals surface area contributed by atoms with Crippen LogP contribution in [0.3, 0.4) is 0 Å². The average Bonchev–Trinajstić information content (AvgIpc) is 2.32. The van der Waals surface area contributed by atoms with Crippen molar-refractivity contribution in [1.82, 2.24) is 4.57 Å².